The molecule has 0 spiro atoms. The molecular weight excluding hydrogens is 310 g/mol. The zero-order valence-corrected chi connectivity index (χ0v) is 14.1. The van der Waals surface area contributed by atoms with E-state index >= 15 is 0 Å². The molecule has 1 aromatic rings. The summed E-state index contributed by atoms with van der Waals surface area (Å²) in [6.45, 7) is 0. The lowest BCUT2D eigenvalue weighted by Crippen LogP contribution is -2.25. The van der Waals surface area contributed by atoms with Gasteiger partial charge < -0.3 is 19.0 Å². The largest absolute Gasteiger partial charge is 0.497 e. The molecule has 1 aliphatic carbocycles. The molecule has 6 nitrogen and oxygen atoms in total. The van der Waals surface area contributed by atoms with Crippen LogP contribution in [-0.2, 0) is 19.1 Å². The van der Waals surface area contributed by atoms with Gasteiger partial charge in [0.15, 0.2) is 0 Å². The molecule has 3 fully saturated rings. The third-order valence-corrected chi connectivity index (χ3v) is 4.48. The van der Waals surface area contributed by atoms with Crippen LogP contribution in [0.15, 0.2) is 29.4 Å². The average Bonchev–Trinajstić information content (AvgIpc) is 3.32. The van der Waals surface area contributed by atoms with E-state index in [0.717, 1.165) is 17.0 Å². The molecule has 0 aromatic heterocycles. The fraction of sp³-hybridized carbons (Fsp3) is 0.556. The molecule has 0 amide bonds. The number of carbonyl (C=O) groups is 1. The minimum atomic E-state index is -0.290. The van der Waals surface area contributed by atoms with E-state index in [-0.39, 0.29) is 18.5 Å². The second-order valence-electron chi connectivity index (χ2n) is 6.17. The van der Waals surface area contributed by atoms with Gasteiger partial charge in [-0.1, -0.05) is 17.3 Å². The Morgan fingerprint density at radius 1 is 1.29 bits per heavy atom. The van der Waals surface area contributed by atoms with E-state index < -0.39 is 0 Å². The van der Waals surface area contributed by atoms with Crippen molar-refractivity contribution >= 4 is 11.7 Å². The lowest BCUT2D eigenvalue weighted by molar-refractivity contribution is -0.143. The molecule has 24 heavy (non-hydrogen) atoms. The van der Waals surface area contributed by atoms with Gasteiger partial charge >= 0.3 is 5.97 Å². The molecule has 2 saturated heterocycles. The first-order chi connectivity index (χ1) is 11.7. The average molecular weight is 333 g/mol. The Kier molecular flexibility index (Phi) is 5.35. The van der Waals surface area contributed by atoms with Crippen molar-refractivity contribution in [1.29, 1.82) is 0 Å². The van der Waals surface area contributed by atoms with Gasteiger partial charge in [0.1, 0.15) is 11.9 Å². The number of fused-ring (bicyclic) bond motifs is 1. The molecule has 130 valence electrons. The summed E-state index contributed by atoms with van der Waals surface area (Å²) in [4.78, 5) is 16.4. The molecule has 0 N–H and O–H groups in total. The Morgan fingerprint density at radius 3 is 2.62 bits per heavy atom. The first kappa shape index (κ1) is 16.8. The normalized spacial score (nSPS) is 26.4. The van der Waals surface area contributed by atoms with Crippen LogP contribution in [0.25, 0.3) is 0 Å². The Balaban J connectivity index is 0.000000231. The van der Waals surface area contributed by atoms with E-state index in [1.165, 1.54) is 26.4 Å². The Morgan fingerprint density at radius 2 is 2.04 bits per heavy atom. The second-order valence-corrected chi connectivity index (χ2v) is 6.17. The maximum atomic E-state index is 11.1. The number of hydrogen-bond donors (Lipinski definition) is 0. The quantitative estimate of drug-likeness (QED) is 0.793. The zero-order valence-electron chi connectivity index (χ0n) is 14.1. The first-order valence-corrected chi connectivity index (χ1v) is 8.27. The van der Waals surface area contributed by atoms with Crippen LogP contribution >= 0.6 is 0 Å². The van der Waals surface area contributed by atoms with Crippen molar-refractivity contribution in [2.24, 2.45) is 5.16 Å². The van der Waals surface area contributed by atoms with E-state index in [1.807, 2.05) is 24.3 Å². The highest BCUT2D eigenvalue weighted by Gasteiger charge is 2.36. The molecule has 4 aliphatic rings. The SMILES string of the molecule is C1CC2CC1O2.COC(=O)CC1CC(c2cccc(OC)c2)=NO1. The standard InChI is InChI=1S/C13H15NO4.C5H8O/c1-16-10-5-3-4-9(6-10)12-7-11(18-14-12)8-13(15)17-2;1-2-5-3-4(1)6-5/h3-6,11H,7-8H2,1-2H3;4-5H,1-3H2. The number of methoxy groups -OCH3 is 2. The van der Waals surface area contributed by atoms with Crippen LogP contribution in [0.2, 0.25) is 0 Å². The zero-order chi connectivity index (χ0) is 16.9. The van der Waals surface area contributed by atoms with Gasteiger partial charge in [0.05, 0.1) is 38.6 Å². The minimum Gasteiger partial charge on any atom is -0.497 e. The molecular formula is C18H23NO5. The van der Waals surface area contributed by atoms with E-state index in [0.29, 0.717) is 18.6 Å². The summed E-state index contributed by atoms with van der Waals surface area (Å²) in [5.74, 6) is 0.480. The molecule has 0 radical (unpaired) electrons. The molecule has 3 atom stereocenters. The van der Waals surface area contributed by atoms with Gasteiger partial charge in [-0.25, -0.2) is 0 Å². The van der Waals surface area contributed by atoms with Crippen LogP contribution < -0.4 is 4.74 Å². The summed E-state index contributed by atoms with van der Waals surface area (Å²) in [5.41, 5.74) is 1.77. The van der Waals surface area contributed by atoms with Crippen LogP contribution in [0, 0.1) is 0 Å². The third kappa shape index (κ3) is 4.06. The Hall–Kier alpha value is -2.08. The van der Waals surface area contributed by atoms with Crippen LogP contribution in [0.3, 0.4) is 0 Å². The molecule has 6 heteroatoms. The number of carbonyl (C=O) groups excluding carboxylic acids is 1. The smallest absolute Gasteiger partial charge is 0.309 e. The lowest BCUT2D eigenvalue weighted by Gasteiger charge is -2.23. The van der Waals surface area contributed by atoms with Gasteiger partial charge in [0.2, 0.25) is 0 Å². The van der Waals surface area contributed by atoms with Crippen LogP contribution in [0.4, 0.5) is 0 Å². The number of oxime groups is 1. The maximum absolute atomic E-state index is 11.1. The molecule has 1 saturated carbocycles. The minimum absolute atomic E-state index is 0.216. The van der Waals surface area contributed by atoms with Crippen molar-refractivity contribution in [2.75, 3.05) is 14.2 Å². The number of hydrogen-bond acceptors (Lipinski definition) is 6. The number of nitrogens with zero attached hydrogens (tertiary/aromatic N) is 1. The summed E-state index contributed by atoms with van der Waals surface area (Å²) in [7, 11) is 2.98. The van der Waals surface area contributed by atoms with E-state index in [9.17, 15) is 4.79 Å². The van der Waals surface area contributed by atoms with Gasteiger partial charge in [-0.3, -0.25) is 4.79 Å². The molecule has 5 rings (SSSR count). The van der Waals surface area contributed by atoms with E-state index in [1.54, 1.807) is 7.11 Å². The van der Waals surface area contributed by atoms with Crippen molar-refractivity contribution in [3.63, 3.8) is 0 Å². The van der Waals surface area contributed by atoms with Crippen molar-refractivity contribution in [3.8, 4) is 5.75 Å². The summed E-state index contributed by atoms with van der Waals surface area (Å²) >= 11 is 0. The molecule has 3 heterocycles. The fourth-order valence-electron chi connectivity index (χ4n) is 3.08. The van der Waals surface area contributed by atoms with Gasteiger partial charge in [-0.15, -0.1) is 0 Å². The van der Waals surface area contributed by atoms with Crippen LogP contribution in [0.5, 0.6) is 5.75 Å². The van der Waals surface area contributed by atoms with Crippen LogP contribution in [0.1, 0.15) is 37.7 Å². The summed E-state index contributed by atoms with van der Waals surface area (Å²) < 4.78 is 15.0. The number of esters is 1. The summed E-state index contributed by atoms with van der Waals surface area (Å²) in [5, 5.41) is 4.00. The molecule has 2 bridgehead atoms. The molecule has 1 aromatic carbocycles. The van der Waals surface area contributed by atoms with Crippen molar-refractivity contribution in [1.82, 2.24) is 0 Å². The predicted octanol–water partition coefficient (Wildman–Crippen LogP) is 2.69. The van der Waals surface area contributed by atoms with Crippen molar-refractivity contribution in [2.45, 2.75) is 50.4 Å². The Labute approximate surface area is 141 Å². The van der Waals surface area contributed by atoms with E-state index in [2.05, 4.69) is 9.89 Å². The van der Waals surface area contributed by atoms with E-state index in [4.69, 9.17) is 14.3 Å². The monoisotopic (exact) mass is 333 g/mol. The highest BCUT2D eigenvalue weighted by molar-refractivity contribution is 6.01. The van der Waals surface area contributed by atoms with Crippen molar-refractivity contribution < 1.29 is 23.8 Å². The Bertz CT molecular complexity index is 596. The summed E-state index contributed by atoms with van der Waals surface area (Å²) in [6.07, 6.45) is 5.99. The number of benzene rings is 1. The van der Waals surface area contributed by atoms with Gasteiger partial charge in [-0.2, -0.15) is 0 Å². The molecule has 3 aliphatic heterocycles. The second kappa shape index (κ2) is 7.66. The lowest BCUT2D eigenvalue weighted by atomic mass is 10.0. The highest BCUT2D eigenvalue weighted by atomic mass is 16.6. The summed E-state index contributed by atoms with van der Waals surface area (Å²) in [6, 6.07) is 7.59. The van der Waals surface area contributed by atoms with Gasteiger partial charge in [0, 0.05) is 12.0 Å². The van der Waals surface area contributed by atoms with Gasteiger partial charge in [-0.05, 0) is 31.4 Å². The van der Waals surface area contributed by atoms with Gasteiger partial charge in [0.25, 0.3) is 0 Å². The molecule has 3 unspecified atom stereocenters. The maximum Gasteiger partial charge on any atom is 0.309 e. The topological polar surface area (TPSA) is 66.4 Å². The fourth-order valence-corrected chi connectivity index (χ4v) is 3.08. The number of ether oxygens (including phenoxy) is 3. The first-order valence-electron chi connectivity index (χ1n) is 8.27. The number of rotatable bonds is 4. The van der Waals surface area contributed by atoms with Crippen LogP contribution in [-0.4, -0.2) is 44.2 Å². The predicted molar refractivity (Wildman–Crippen MR) is 88.2 cm³/mol. The highest BCUT2D eigenvalue weighted by Crippen LogP contribution is 2.36. The third-order valence-electron chi connectivity index (χ3n) is 4.48. The van der Waals surface area contributed by atoms with Crippen molar-refractivity contribution in [3.05, 3.63) is 29.8 Å².